The Morgan fingerprint density at radius 3 is 2.48 bits per heavy atom. The maximum atomic E-state index is 12.8. The molecule has 3 aromatic rings. The van der Waals surface area contributed by atoms with Gasteiger partial charge in [-0.25, -0.2) is 5.06 Å². The number of aromatic nitrogens is 1. The van der Waals surface area contributed by atoms with Gasteiger partial charge in [-0.05, 0) is 41.4 Å². The number of alkyl halides is 3. The molecule has 130 valence electrons. The van der Waals surface area contributed by atoms with Crippen LogP contribution in [0.2, 0.25) is 0 Å². The SMILES string of the molecule is FC(F)(F)SC1CC(c2cc3ccccc3[nH]2)N(c2ccccc2)O1. The van der Waals surface area contributed by atoms with E-state index in [-0.39, 0.29) is 24.2 Å². The Morgan fingerprint density at radius 2 is 1.76 bits per heavy atom. The summed E-state index contributed by atoms with van der Waals surface area (Å²) in [4.78, 5) is 8.95. The van der Waals surface area contributed by atoms with E-state index >= 15 is 0 Å². The van der Waals surface area contributed by atoms with Gasteiger partial charge >= 0.3 is 5.51 Å². The van der Waals surface area contributed by atoms with E-state index < -0.39 is 10.9 Å². The third-order valence-electron chi connectivity index (χ3n) is 4.12. The van der Waals surface area contributed by atoms with Crippen molar-refractivity contribution in [2.24, 2.45) is 0 Å². The summed E-state index contributed by atoms with van der Waals surface area (Å²) in [6, 6.07) is 18.6. The van der Waals surface area contributed by atoms with Gasteiger partial charge in [0.15, 0.2) is 0 Å². The summed E-state index contributed by atoms with van der Waals surface area (Å²) in [5.41, 5.74) is -2.77. The highest BCUT2D eigenvalue weighted by Crippen LogP contribution is 2.46. The number of fused-ring (bicyclic) bond motifs is 1. The minimum Gasteiger partial charge on any atom is -0.357 e. The number of hydroxylamine groups is 1. The fraction of sp³-hybridized carbons (Fsp3) is 0.222. The molecule has 1 aliphatic rings. The van der Waals surface area contributed by atoms with Crippen molar-refractivity contribution in [1.82, 2.24) is 4.98 Å². The zero-order valence-electron chi connectivity index (χ0n) is 13.0. The van der Waals surface area contributed by atoms with Gasteiger partial charge in [0.2, 0.25) is 0 Å². The largest absolute Gasteiger partial charge is 0.444 e. The predicted molar refractivity (Wildman–Crippen MR) is 93.1 cm³/mol. The van der Waals surface area contributed by atoms with Crippen LogP contribution in [0, 0.1) is 0 Å². The first-order valence-electron chi connectivity index (χ1n) is 7.83. The average molecular weight is 364 g/mol. The molecule has 2 atom stereocenters. The number of aromatic amines is 1. The molecule has 0 radical (unpaired) electrons. The summed E-state index contributed by atoms with van der Waals surface area (Å²) in [6.45, 7) is 0. The van der Waals surface area contributed by atoms with Crippen LogP contribution in [0.15, 0.2) is 60.7 Å². The molecule has 1 aromatic heterocycles. The maximum absolute atomic E-state index is 12.8. The van der Waals surface area contributed by atoms with E-state index in [9.17, 15) is 13.2 Å². The van der Waals surface area contributed by atoms with Crippen molar-refractivity contribution in [3.8, 4) is 0 Å². The number of nitrogens with one attached hydrogen (secondary N) is 1. The molecule has 0 aliphatic carbocycles. The van der Waals surface area contributed by atoms with Crippen molar-refractivity contribution in [3.05, 3.63) is 66.4 Å². The number of benzene rings is 2. The molecule has 25 heavy (non-hydrogen) atoms. The molecule has 7 heteroatoms. The molecular weight excluding hydrogens is 349 g/mol. The van der Waals surface area contributed by atoms with Gasteiger partial charge < -0.3 is 4.98 Å². The van der Waals surface area contributed by atoms with E-state index in [4.69, 9.17) is 4.84 Å². The number of halogens is 3. The summed E-state index contributed by atoms with van der Waals surface area (Å²) in [6.07, 6.45) is 0.242. The minimum absolute atomic E-state index is 0.110. The van der Waals surface area contributed by atoms with Crippen molar-refractivity contribution >= 4 is 28.4 Å². The number of anilines is 1. The summed E-state index contributed by atoms with van der Waals surface area (Å²) >= 11 is -0.110. The Labute approximate surface area is 146 Å². The molecule has 2 heterocycles. The highest BCUT2D eigenvalue weighted by atomic mass is 32.2. The predicted octanol–water partition coefficient (Wildman–Crippen LogP) is 5.63. The van der Waals surface area contributed by atoms with E-state index in [2.05, 4.69) is 4.98 Å². The maximum Gasteiger partial charge on any atom is 0.444 e. The highest BCUT2D eigenvalue weighted by molar-refractivity contribution is 8.00. The van der Waals surface area contributed by atoms with Crippen LogP contribution in [-0.4, -0.2) is 15.9 Å². The van der Waals surface area contributed by atoms with Crippen LogP contribution >= 0.6 is 11.8 Å². The Hall–Kier alpha value is -2.12. The average Bonchev–Trinajstić information content (AvgIpc) is 3.17. The number of nitrogens with zero attached hydrogens (tertiary/aromatic N) is 1. The van der Waals surface area contributed by atoms with Crippen molar-refractivity contribution in [1.29, 1.82) is 0 Å². The third kappa shape index (κ3) is 3.48. The molecule has 1 aliphatic heterocycles. The first-order chi connectivity index (χ1) is 12.0. The standard InChI is InChI=1S/C18H15F3N2OS/c19-18(20,21)25-17-11-16(23(24-17)13-7-2-1-3-8-13)15-10-12-6-4-5-9-14(12)22-15/h1-10,16-17,22H,11H2. The lowest BCUT2D eigenvalue weighted by Crippen LogP contribution is -2.22. The zero-order valence-corrected chi connectivity index (χ0v) is 13.8. The van der Waals surface area contributed by atoms with Gasteiger partial charge in [0.25, 0.3) is 0 Å². The lowest BCUT2D eigenvalue weighted by Gasteiger charge is -2.24. The quantitative estimate of drug-likeness (QED) is 0.653. The van der Waals surface area contributed by atoms with Crippen LogP contribution in [0.3, 0.4) is 0 Å². The van der Waals surface area contributed by atoms with Gasteiger partial charge in [-0.15, -0.1) is 0 Å². The van der Waals surface area contributed by atoms with Gasteiger partial charge in [0, 0.05) is 17.6 Å². The Balaban J connectivity index is 1.69. The van der Waals surface area contributed by atoms with Gasteiger partial charge in [-0.3, -0.25) is 4.84 Å². The molecule has 0 saturated carbocycles. The van der Waals surface area contributed by atoms with Gasteiger partial charge in [-0.1, -0.05) is 36.4 Å². The second kappa shape index (κ2) is 6.31. The van der Waals surface area contributed by atoms with Crippen molar-refractivity contribution in [2.75, 3.05) is 5.06 Å². The molecule has 1 fully saturated rings. The first-order valence-corrected chi connectivity index (χ1v) is 8.71. The molecule has 1 N–H and O–H groups in total. The lowest BCUT2D eigenvalue weighted by molar-refractivity contribution is -0.0362. The van der Waals surface area contributed by atoms with Crippen molar-refractivity contribution < 1.29 is 18.0 Å². The number of hydrogen-bond acceptors (Lipinski definition) is 3. The monoisotopic (exact) mass is 364 g/mol. The zero-order chi connectivity index (χ0) is 17.4. The number of thioether (sulfide) groups is 1. The van der Waals surface area contributed by atoms with Crippen LogP contribution in [0.1, 0.15) is 18.2 Å². The topological polar surface area (TPSA) is 28.3 Å². The summed E-state index contributed by atoms with van der Waals surface area (Å²) < 4.78 is 38.4. The summed E-state index contributed by atoms with van der Waals surface area (Å²) in [5, 5.41) is 2.60. The molecular formula is C18H15F3N2OS. The van der Waals surface area contributed by atoms with E-state index in [0.29, 0.717) is 0 Å². The normalized spacial score (nSPS) is 21.2. The molecule has 0 bridgehead atoms. The Morgan fingerprint density at radius 1 is 1.04 bits per heavy atom. The van der Waals surface area contributed by atoms with E-state index in [0.717, 1.165) is 22.3 Å². The smallest absolute Gasteiger partial charge is 0.357 e. The number of hydrogen-bond donors (Lipinski definition) is 1. The second-order valence-electron chi connectivity index (χ2n) is 5.82. The molecule has 2 aromatic carbocycles. The fourth-order valence-electron chi connectivity index (χ4n) is 3.08. The van der Waals surface area contributed by atoms with Crippen LogP contribution in [0.25, 0.3) is 10.9 Å². The van der Waals surface area contributed by atoms with Crippen LogP contribution < -0.4 is 5.06 Å². The first kappa shape index (κ1) is 16.4. The molecule has 3 nitrogen and oxygen atoms in total. The third-order valence-corrected chi connectivity index (χ3v) is 4.92. The highest BCUT2D eigenvalue weighted by Gasteiger charge is 2.42. The number of rotatable bonds is 3. The van der Waals surface area contributed by atoms with Crippen LogP contribution in [0.4, 0.5) is 18.9 Å². The van der Waals surface area contributed by atoms with Gasteiger partial charge in [0.05, 0.1) is 11.7 Å². The Bertz CT molecular complexity index is 832. The molecule has 4 rings (SSSR count). The number of H-pyrrole nitrogens is 1. The molecule has 1 saturated heterocycles. The van der Waals surface area contributed by atoms with E-state index in [1.54, 1.807) is 5.06 Å². The Kier molecular flexibility index (Phi) is 4.13. The van der Waals surface area contributed by atoms with Crippen LogP contribution in [-0.2, 0) is 4.84 Å². The van der Waals surface area contributed by atoms with Crippen molar-refractivity contribution in [2.45, 2.75) is 23.4 Å². The number of para-hydroxylation sites is 2. The summed E-state index contributed by atoms with van der Waals surface area (Å²) in [7, 11) is 0. The van der Waals surface area contributed by atoms with E-state index in [1.807, 2.05) is 60.7 Å². The second-order valence-corrected chi connectivity index (χ2v) is 7.05. The minimum atomic E-state index is -4.33. The van der Waals surface area contributed by atoms with Gasteiger partial charge in [0.1, 0.15) is 5.44 Å². The van der Waals surface area contributed by atoms with E-state index in [1.165, 1.54) is 0 Å². The lowest BCUT2D eigenvalue weighted by atomic mass is 10.1. The molecule has 2 unspecified atom stereocenters. The fourth-order valence-corrected chi connectivity index (χ4v) is 3.80. The van der Waals surface area contributed by atoms with Crippen molar-refractivity contribution in [3.63, 3.8) is 0 Å². The van der Waals surface area contributed by atoms with Crippen LogP contribution in [0.5, 0.6) is 0 Å². The summed E-state index contributed by atoms with van der Waals surface area (Å²) in [5.74, 6) is 0. The van der Waals surface area contributed by atoms with Gasteiger partial charge in [-0.2, -0.15) is 13.2 Å². The molecule has 0 spiro atoms. The molecule has 0 amide bonds.